The second-order valence-corrected chi connectivity index (χ2v) is 90.5. The number of hydrogen-bond donors (Lipinski definition) is 4. The number of ether oxygens (including phenoxy) is 8. The molecule has 17 rings (SSSR count). The Morgan fingerprint density at radius 1 is 0.396 bits per heavy atom. The number of anilines is 4. The largest absolute Gasteiger partial charge is 2.00 e. The molecule has 8 saturated heterocycles. The Bertz CT molecular complexity index is 4170. The van der Waals surface area contributed by atoms with Crippen molar-refractivity contribution in [3.63, 3.8) is 0 Å². The van der Waals surface area contributed by atoms with E-state index in [4.69, 9.17) is 57.8 Å². The molecule has 2 radical (unpaired) electrons. The molecular formula is C68H68Co2N8O12P6. The van der Waals surface area contributed by atoms with Gasteiger partial charge in [0.05, 0.1) is 85.1 Å². The van der Waals surface area contributed by atoms with Gasteiger partial charge in [0.1, 0.15) is 47.4 Å². The van der Waals surface area contributed by atoms with E-state index < -0.39 is 24.4 Å². The van der Waals surface area contributed by atoms with Crippen LogP contribution >= 0.6 is 41.9 Å². The van der Waals surface area contributed by atoms with Crippen LogP contribution in [0.5, 0.6) is 23.0 Å². The SMILES string of the molecule is COc1cccc(OC)c1-c1c2nc(c(-c3c(NC(=O)C4CCCO4)cccc3NC(=O)C3CCCO3)c3ccc([n-]3)c(-c3c(OC)cccc3OC)c3nc(c(-c4c(NC(=O)C5CCCO5)cccc4NC(=O)C4CCCO4)c4ccc1[n-]4)C=C3)C=C2.P1P234PP12(P3)P4.[Co+2].[Co]. The van der Waals surface area contributed by atoms with E-state index in [0.29, 0.717) is 187 Å². The number of nitrogens with zero attached hydrogens (tertiary/aromatic N) is 4. The van der Waals surface area contributed by atoms with Gasteiger partial charge in [0.25, 0.3) is 23.6 Å². The summed E-state index contributed by atoms with van der Waals surface area (Å²) < 4.78 is 48.2. The molecule has 10 aliphatic rings. The molecule has 0 saturated carbocycles. The van der Waals surface area contributed by atoms with Crippen LogP contribution in [0.2, 0.25) is 0 Å². The quantitative estimate of drug-likeness (QED) is 0.0657. The average Bonchev–Trinajstić information content (AvgIpc) is 1.26. The zero-order valence-electron chi connectivity index (χ0n) is 52.6. The summed E-state index contributed by atoms with van der Waals surface area (Å²) in [5, 5.41) is 12.5. The molecule has 20 nitrogen and oxygen atoms in total. The number of carbonyl (C=O) groups excluding carboxylic acids is 4. The Balaban J connectivity index is 0.000000916. The smallest absolute Gasteiger partial charge is 0 e. The molecule has 8 bridgehead atoms. The van der Waals surface area contributed by atoms with E-state index in [2.05, 4.69) is 21.3 Å². The topological polar surface area (TPSA) is 244 Å². The van der Waals surface area contributed by atoms with Crippen molar-refractivity contribution in [3.05, 3.63) is 120 Å². The molecule has 4 N–H and O–H groups in total. The second-order valence-electron chi connectivity index (χ2n) is 24.4. The zero-order valence-corrected chi connectivity index (χ0v) is 60.5. The normalized spacial score (nSPS) is 23.1. The number of nitrogens with one attached hydrogen (secondary N) is 4. The van der Waals surface area contributed by atoms with Crippen LogP contribution in [0.1, 0.15) is 74.1 Å². The van der Waals surface area contributed by atoms with E-state index in [1.807, 2.05) is 85.0 Å². The third kappa shape index (κ3) is 11.4. The Labute approximate surface area is 580 Å². The van der Waals surface area contributed by atoms with Gasteiger partial charge in [-0.15, -0.1) is 22.1 Å². The minimum atomic E-state index is -0.703. The van der Waals surface area contributed by atoms with Crippen molar-refractivity contribution < 1.29 is 90.6 Å². The number of carbonyl (C=O) groups is 4. The van der Waals surface area contributed by atoms with Gasteiger partial charge in [0.15, 0.2) is 0 Å². The van der Waals surface area contributed by atoms with E-state index >= 15 is 0 Å². The second kappa shape index (κ2) is 26.3. The van der Waals surface area contributed by atoms with Crippen LogP contribution in [-0.2, 0) is 71.7 Å². The summed E-state index contributed by atoms with van der Waals surface area (Å²) in [5.74, 6) is 0.412. The summed E-state index contributed by atoms with van der Waals surface area (Å²) in [6.45, 7) is 1.79. The third-order valence-corrected chi connectivity index (χ3v) is 173. The fourth-order valence-electron chi connectivity index (χ4n) is 13.8. The van der Waals surface area contributed by atoms with E-state index in [1.54, 1.807) is 96.7 Å². The number of benzene rings is 4. The molecular weight excluding hydrogens is 1420 g/mol. The summed E-state index contributed by atoms with van der Waals surface area (Å²) >= 11 is 0. The van der Waals surface area contributed by atoms with Gasteiger partial charge in [-0.3, -0.25) is 19.2 Å². The molecule has 4 amide bonds. The van der Waals surface area contributed by atoms with Crippen LogP contribution in [0.4, 0.5) is 22.7 Å². The predicted molar refractivity (Wildman–Crippen MR) is 382 cm³/mol. The number of rotatable bonds is 16. The maximum Gasteiger partial charge on any atom is 2.00 e. The summed E-state index contributed by atoms with van der Waals surface area (Å²) in [4.78, 5) is 79.3. The number of aromatic nitrogens is 4. The van der Waals surface area contributed by atoms with Crippen molar-refractivity contribution in [2.45, 2.75) is 75.8 Å². The van der Waals surface area contributed by atoms with Crippen LogP contribution in [0, 0.1) is 0 Å². The van der Waals surface area contributed by atoms with Gasteiger partial charge in [-0.2, -0.15) is 0 Å². The molecule has 4 atom stereocenters. The molecule has 8 fully saturated rings. The Morgan fingerprint density at radius 2 is 0.635 bits per heavy atom. The van der Waals surface area contributed by atoms with Crippen molar-refractivity contribution in [1.82, 2.24) is 19.9 Å². The summed E-state index contributed by atoms with van der Waals surface area (Å²) in [6, 6.07) is 29.1. The Morgan fingerprint density at radius 3 is 0.854 bits per heavy atom. The monoisotopic (exact) mass is 1490 g/mol. The van der Waals surface area contributed by atoms with Crippen LogP contribution in [0.25, 0.3) is 90.9 Å². The summed E-state index contributed by atoms with van der Waals surface area (Å²) in [7, 11) is 13.3. The van der Waals surface area contributed by atoms with Gasteiger partial charge in [-0.25, -0.2) is 9.97 Å². The average molecular weight is 1490 g/mol. The van der Waals surface area contributed by atoms with Crippen molar-refractivity contribution >= 4 is 135 Å². The fraction of sp³-hybridized carbons (Fsp3) is 0.294. The molecule has 4 aromatic carbocycles. The van der Waals surface area contributed by atoms with Gasteiger partial charge in [-0.05, 0) is 135 Å². The zero-order chi connectivity index (χ0) is 64.1. The van der Waals surface area contributed by atoms with Crippen LogP contribution in [0.15, 0.2) is 97.1 Å². The summed E-state index contributed by atoms with van der Waals surface area (Å²) in [5.41, 5.74) is 8.54. The third-order valence-electron chi connectivity index (χ3n) is 18.7. The van der Waals surface area contributed by atoms with Crippen molar-refractivity contribution in [2.75, 3.05) is 76.1 Å². The number of fused-ring (bicyclic) bond motifs is 8. The molecule has 500 valence electrons. The van der Waals surface area contributed by atoms with Crippen LogP contribution in [0.3, 0.4) is 0 Å². The first-order valence-corrected chi connectivity index (χ1v) is 47.5. The maximum absolute atomic E-state index is 14.3. The molecule has 10 aliphatic heterocycles. The molecule has 7 aromatic rings. The predicted octanol–water partition coefficient (Wildman–Crippen LogP) is 15.2. The molecule has 96 heavy (non-hydrogen) atoms. The molecule has 3 aromatic heterocycles. The van der Waals surface area contributed by atoms with Crippen LogP contribution < -0.4 is 50.2 Å². The van der Waals surface area contributed by atoms with Gasteiger partial charge in [0, 0.05) is 65.5 Å². The van der Waals surface area contributed by atoms with E-state index in [9.17, 15) is 19.2 Å². The van der Waals surface area contributed by atoms with Gasteiger partial charge >= 0.3 is 58.7 Å². The van der Waals surface area contributed by atoms with E-state index in [0.717, 1.165) is 25.7 Å². The van der Waals surface area contributed by atoms with Gasteiger partial charge < -0.3 is 69.1 Å². The molecule has 0 aliphatic carbocycles. The Hall–Kier alpha value is -6.01. The first-order chi connectivity index (χ1) is 45.8. The van der Waals surface area contributed by atoms with Crippen molar-refractivity contribution in [2.24, 2.45) is 0 Å². The standard InChI is InChI=1S/C68H66N8O12.2Co.H4P6/c1-81-49-17-7-18-50(82-2)63(49)61-45-29-25-41(69-45)59(57-37(73-65(77)53-21-9-33-85-53)13-5-14-38(57)74-66(78)54-22-10-34-86-54)43-27-31-47(71-43)62(64-51(83-3)19-8-20-52(64)84-4)48-32-28-44(72-48)60(42-26-30-46(61)70-42)58-39(75-67(79)55-23-11-35-87-55)15-6-16-40(58)76-68(80)56-24-12-36-88-56;;;1-5-2-6(1,5,3-5)4-5/h5-8,13-20,25-32,53-56H,9-12,21-24,33-36H2,1-4H3,(H6,69,70,71,72,73,74,75,76,77,78,79,80);;;1-4H/q;;+2;/p-2. The molecule has 0 spiro atoms. The number of amides is 4. The first-order valence-electron chi connectivity index (χ1n) is 31.5. The fourth-order valence-corrected chi connectivity index (χ4v) is 313. The van der Waals surface area contributed by atoms with Crippen LogP contribution in [-0.4, -0.2) is 113 Å². The van der Waals surface area contributed by atoms with E-state index in [1.165, 1.54) is 0 Å². The number of hydrogen-bond acceptors (Lipinski definition) is 14. The van der Waals surface area contributed by atoms with Crippen molar-refractivity contribution in [1.29, 1.82) is 0 Å². The number of methoxy groups -OCH3 is 4. The summed E-state index contributed by atoms with van der Waals surface area (Å²) in [6.07, 6.45) is 9.67. The van der Waals surface area contributed by atoms with Gasteiger partial charge in [-0.1, -0.05) is 48.5 Å². The molecule has 28 heteroatoms. The Kier molecular flexibility index (Phi) is 18.4. The minimum absolute atomic E-state index is 0. The first kappa shape index (κ1) is 67.2. The van der Waals surface area contributed by atoms with E-state index in [-0.39, 0.29) is 67.3 Å². The van der Waals surface area contributed by atoms with Gasteiger partial charge in [0.2, 0.25) is 0 Å². The van der Waals surface area contributed by atoms with Crippen molar-refractivity contribution in [3.8, 4) is 67.5 Å². The molecule has 13 heterocycles. The minimum Gasteiger partial charge on any atom is 0 e. The maximum atomic E-state index is 14.3. The molecule has 4 unspecified atom stereocenters.